The molecule has 1 saturated carbocycles. The minimum Gasteiger partial charge on any atom is -0.444 e. The first-order chi connectivity index (χ1) is 10.4. The van der Waals surface area contributed by atoms with Crippen molar-refractivity contribution in [2.75, 3.05) is 0 Å². The molecule has 6 nitrogen and oxygen atoms in total. The zero-order valence-corrected chi connectivity index (χ0v) is 13.2. The van der Waals surface area contributed by atoms with E-state index in [0.29, 0.717) is 17.4 Å². The molecule has 0 radical (unpaired) electrons. The molecule has 118 valence electrons. The topological polar surface area (TPSA) is 89.6 Å². The summed E-state index contributed by atoms with van der Waals surface area (Å²) in [6.45, 7) is 5.42. The summed E-state index contributed by atoms with van der Waals surface area (Å²) in [7, 11) is 0. The highest BCUT2D eigenvalue weighted by Gasteiger charge is 2.31. The SMILES string of the molecule is CC(C)(C)OC(=O)NC(=C/N)/C(=N/c1ccccn1)C1CC1. The molecule has 1 aliphatic carbocycles. The van der Waals surface area contributed by atoms with E-state index in [0.717, 1.165) is 18.6 Å². The van der Waals surface area contributed by atoms with Crippen LogP contribution in [-0.2, 0) is 4.74 Å². The molecule has 1 fully saturated rings. The van der Waals surface area contributed by atoms with E-state index in [4.69, 9.17) is 10.5 Å². The third-order valence-corrected chi connectivity index (χ3v) is 2.93. The molecular weight excluding hydrogens is 280 g/mol. The van der Waals surface area contributed by atoms with Gasteiger partial charge in [0.1, 0.15) is 5.60 Å². The number of pyridine rings is 1. The van der Waals surface area contributed by atoms with Gasteiger partial charge in [0.05, 0.1) is 11.4 Å². The van der Waals surface area contributed by atoms with E-state index in [2.05, 4.69) is 15.3 Å². The van der Waals surface area contributed by atoms with E-state index >= 15 is 0 Å². The predicted octanol–water partition coefficient (Wildman–Crippen LogP) is 2.89. The predicted molar refractivity (Wildman–Crippen MR) is 85.7 cm³/mol. The third kappa shape index (κ3) is 4.87. The fourth-order valence-electron chi connectivity index (χ4n) is 1.88. The summed E-state index contributed by atoms with van der Waals surface area (Å²) in [6, 6.07) is 5.50. The summed E-state index contributed by atoms with van der Waals surface area (Å²) in [4.78, 5) is 20.6. The van der Waals surface area contributed by atoms with Gasteiger partial charge < -0.3 is 10.5 Å². The van der Waals surface area contributed by atoms with Gasteiger partial charge in [-0.3, -0.25) is 5.32 Å². The first-order valence-electron chi connectivity index (χ1n) is 7.31. The summed E-state index contributed by atoms with van der Waals surface area (Å²) in [6.07, 6.45) is 4.54. The van der Waals surface area contributed by atoms with Gasteiger partial charge in [0.25, 0.3) is 0 Å². The van der Waals surface area contributed by atoms with Crippen LogP contribution in [-0.4, -0.2) is 22.4 Å². The maximum absolute atomic E-state index is 11.9. The molecule has 1 aliphatic rings. The molecule has 0 spiro atoms. The van der Waals surface area contributed by atoms with Crippen molar-refractivity contribution in [2.24, 2.45) is 16.6 Å². The Morgan fingerprint density at radius 2 is 2.18 bits per heavy atom. The van der Waals surface area contributed by atoms with Crippen molar-refractivity contribution in [3.63, 3.8) is 0 Å². The molecule has 0 atom stereocenters. The van der Waals surface area contributed by atoms with Crippen molar-refractivity contribution in [3.05, 3.63) is 36.3 Å². The van der Waals surface area contributed by atoms with Gasteiger partial charge in [0.2, 0.25) is 0 Å². The molecule has 0 unspecified atom stereocenters. The summed E-state index contributed by atoms with van der Waals surface area (Å²) < 4.78 is 5.25. The summed E-state index contributed by atoms with van der Waals surface area (Å²) in [5.41, 5.74) is 6.32. The minimum absolute atomic E-state index is 0.298. The number of allylic oxidation sites excluding steroid dienone is 1. The van der Waals surface area contributed by atoms with Crippen molar-refractivity contribution < 1.29 is 9.53 Å². The summed E-state index contributed by atoms with van der Waals surface area (Å²) in [5.74, 6) is 0.890. The number of amides is 1. The van der Waals surface area contributed by atoms with Crippen LogP contribution in [0.5, 0.6) is 0 Å². The fourth-order valence-corrected chi connectivity index (χ4v) is 1.88. The van der Waals surface area contributed by atoms with Crippen molar-refractivity contribution >= 4 is 17.6 Å². The van der Waals surface area contributed by atoms with Crippen LogP contribution in [0.25, 0.3) is 0 Å². The van der Waals surface area contributed by atoms with Gasteiger partial charge in [0, 0.05) is 18.3 Å². The average Bonchev–Trinajstić information content (AvgIpc) is 3.26. The highest BCUT2D eigenvalue weighted by molar-refractivity contribution is 6.05. The molecule has 3 N–H and O–H groups in total. The second-order valence-electron chi connectivity index (χ2n) is 6.17. The number of hydrogen-bond acceptors (Lipinski definition) is 5. The number of aromatic nitrogens is 1. The average molecular weight is 302 g/mol. The van der Waals surface area contributed by atoms with E-state index in [-0.39, 0.29) is 0 Å². The van der Waals surface area contributed by atoms with Crippen molar-refractivity contribution in [2.45, 2.75) is 39.2 Å². The summed E-state index contributed by atoms with van der Waals surface area (Å²) in [5, 5.41) is 2.68. The molecule has 22 heavy (non-hydrogen) atoms. The number of nitrogens with zero attached hydrogens (tertiary/aromatic N) is 2. The monoisotopic (exact) mass is 302 g/mol. The number of aliphatic imine (C=N–C) groups is 1. The number of hydrogen-bond donors (Lipinski definition) is 2. The maximum Gasteiger partial charge on any atom is 0.412 e. The van der Waals surface area contributed by atoms with Gasteiger partial charge in [0.15, 0.2) is 5.82 Å². The number of carbonyl (C=O) groups excluding carboxylic acids is 1. The fraction of sp³-hybridized carbons (Fsp3) is 0.438. The van der Waals surface area contributed by atoms with E-state index in [1.807, 2.05) is 39.0 Å². The number of nitrogens with two attached hydrogens (primary N) is 1. The lowest BCUT2D eigenvalue weighted by molar-refractivity contribution is 0.0548. The molecule has 1 amide bonds. The highest BCUT2D eigenvalue weighted by atomic mass is 16.6. The molecule has 1 aromatic heterocycles. The van der Waals surface area contributed by atoms with E-state index < -0.39 is 11.7 Å². The van der Waals surface area contributed by atoms with E-state index in [1.165, 1.54) is 6.20 Å². The Bertz CT molecular complexity index is 584. The molecule has 0 bridgehead atoms. The molecule has 0 saturated heterocycles. The second-order valence-corrected chi connectivity index (χ2v) is 6.17. The van der Waals surface area contributed by atoms with Crippen LogP contribution in [0.2, 0.25) is 0 Å². The zero-order valence-electron chi connectivity index (χ0n) is 13.2. The van der Waals surface area contributed by atoms with Crippen LogP contribution < -0.4 is 11.1 Å². The normalized spacial score (nSPS) is 16.3. The number of carbonyl (C=O) groups is 1. The Hall–Kier alpha value is -2.37. The van der Waals surface area contributed by atoms with Gasteiger partial charge in [-0.15, -0.1) is 0 Å². The van der Waals surface area contributed by atoms with Crippen LogP contribution in [0.1, 0.15) is 33.6 Å². The van der Waals surface area contributed by atoms with Crippen LogP contribution in [0.3, 0.4) is 0 Å². The minimum atomic E-state index is -0.568. The first-order valence-corrected chi connectivity index (χ1v) is 7.31. The Balaban J connectivity index is 2.16. The molecule has 6 heteroatoms. The number of ether oxygens (including phenoxy) is 1. The third-order valence-electron chi connectivity index (χ3n) is 2.93. The van der Waals surface area contributed by atoms with Gasteiger partial charge in [-0.25, -0.2) is 14.8 Å². The largest absolute Gasteiger partial charge is 0.444 e. The Morgan fingerprint density at radius 1 is 1.45 bits per heavy atom. The molecule has 1 heterocycles. The standard InChI is InChI=1S/C16H22N4O2/c1-16(2,3)22-15(21)19-12(10-17)14(11-7-8-11)20-13-6-4-5-9-18-13/h4-6,9-11H,7-8,17H2,1-3H3,(H,19,21)/b12-10+,20-14+. The van der Waals surface area contributed by atoms with Gasteiger partial charge in [-0.05, 0) is 45.7 Å². The van der Waals surface area contributed by atoms with Gasteiger partial charge in [-0.1, -0.05) is 6.07 Å². The Labute approximate surface area is 130 Å². The van der Waals surface area contributed by atoms with Gasteiger partial charge >= 0.3 is 6.09 Å². The van der Waals surface area contributed by atoms with Crippen molar-refractivity contribution in [1.82, 2.24) is 10.3 Å². The first kappa shape index (κ1) is 16.0. The van der Waals surface area contributed by atoms with Crippen LogP contribution in [0.15, 0.2) is 41.3 Å². The Morgan fingerprint density at radius 3 is 2.68 bits per heavy atom. The smallest absolute Gasteiger partial charge is 0.412 e. The molecule has 1 aromatic rings. The lowest BCUT2D eigenvalue weighted by atomic mass is 10.2. The lowest BCUT2D eigenvalue weighted by Crippen LogP contribution is -2.35. The maximum atomic E-state index is 11.9. The number of rotatable bonds is 4. The number of nitrogens with one attached hydrogen (secondary N) is 1. The van der Waals surface area contributed by atoms with E-state index in [9.17, 15) is 4.79 Å². The molecular formula is C16H22N4O2. The van der Waals surface area contributed by atoms with Gasteiger partial charge in [-0.2, -0.15) is 0 Å². The Kier molecular flexibility index (Phi) is 4.80. The second kappa shape index (κ2) is 6.60. The molecule has 0 aromatic carbocycles. The highest BCUT2D eigenvalue weighted by Crippen LogP contribution is 2.34. The van der Waals surface area contributed by atoms with Crippen LogP contribution in [0.4, 0.5) is 10.6 Å². The molecule has 2 rings (SSSR count). The number of alkyl carbamates (subject to hydrolysis) is 1. The van der Waals surface area contributed by atoms with Crippen LogP contribution in [0, 0.1) is 5.92 Å². The van der Waals surface area contributed by atoms with Crippen molar-refractivity contribution in [3.8, 4) is 0 Å². The molecule has 0 aliphatic heterocycles. The quantitative estimate of drug-likeness (QED) is 0.837. The summed E-state index contributed by atoms with van der Waals surface area (Å²) >= 11 is 0. The van der Waals surface area contributed by atoms with Crippen molar-refractivity contribution in [1.29, 1.82) is 0 Å². The zero-order chi connectivity index (χ0) is 16.2. The lowest BCUT2D eigenvalue weighted by Gasteiger charge is -2.20. The van der Waals surface area contributed by atoms with Crippen LogP contribution >= 0.6 is 0 Å². The van der Waals surface area contributed by atoms with E-state index in [1.54, 1.807) is 6.20 Å².